The van der Waals surface area contributed by atoms with Crippen LogP contribution in [0.5, 0.6) is 0 Å². The summed E-state index contributed by atoms with van der Waals surface area (Å²) in [5.74, 6) is 0. The largest absolute Gasteiger partial charge is 0.377 e. The Hall–Kier alpha value is -0.510. The minimum atomic E-state index is 0.299. The first-order valence-corrected chi connectivity index (χ1v) is 7.89. The van der Waals surface area contributed by atoms with Crippen LogP contribution < -0.4 is 5.32 Å². The van der Waals surface area contributed by atoms with Gasteiger partial charge >= 0.3 is 0 Å². The van der Waals surface area contributed by atoms with Gasteiger partial charge in [-0.25, -0.2) is 0 Å². The second-order valence-electron chi connectivity index (χ2n) is 4.15. The number of rotatable bonds is 4. The van der Waals surface area contributed by atoms with Crippen LogP contribution in [-0.2, 0) is 6.42 Å². The van der Waals surface area contributed by atoms with E-state index < -0.39 is 0 Å². The smallest absolute Gasteiger partial charge is 0.0578 e. The van der Waals surface area contributed by atoms with Crippen molar-refractivity contribution >= 4 is 44.6 Å². The molecule has 0 radical (unpaired) electrons. The Labute approximate surface area is 125 Å². The van der Waals surface area contributed by atoms with Gasteiger partial charge in [-0.05, 0) is 59.6 Å². The van der Waals surface area contributed by atoms with Gasteiger partial charge in [0.15, 0.2) is 0 Å². The molecule has 1 atom stereocenters. The molecule has 0 aliphatic heterocycles. The lowest BCUT2D eigenvalue weighted by atomic mass is 10.2. The third-order valence-corrected chi connectivity index (χ3v) is 5.06. The number of hydrogen-bond donors (Lipinski definition) is 1. The minimum absolute atomic E-state index is 0.299. The van der Waals surface area contributed by atoms with E-state index in [9.17, 15) is 0 Å². The van der Waals surface area contributed by atoms with Gasteiger partial charge in [-0.2, -0.15) is 0 Å². The van der Waals surface area contributed by atoms with Gasteiger partial charge in [-0.1, -0.05) is 18.5 Å². The van der Waals surface area contributed by atoms with Crippen molar-refractivity contribution in [3.63, 3.8) is 0 Å². The van der Waals surface area contributed by atoms with E-state index in [1.165, 1.54) is 9.75 Å². The van der Waals surface area contributed by atoms with Crippen LogP contribution in [0.2, 0.25) is 5.02 Å². The molecule has 1 aromatic carbocycles. The molecule has 2 aromatic rings. The Balaban J connectivity index is 2.13. The molecule has 2 rings (SSSR count). The summed E-state index contributed by atoms with van der Waals surface area (Å²) in [5, 5.41) is 4.24. The van der Waals surface area contributed by atoms with E-state index in [2.05, 4.69) is 47.2 Å². The summed E-state index contributed by atoms with van der Waals surface area (Å²) in [6, 6.07) is 10.5. The summed E-state index contributed by atoms with van der Waals surface area (Å²) in [4.78, 5) is 2.78. The monoisotopic (exact) mass is 343 g/mol. The van der Waals surface area contributed by atoms with Crippen molar-refractivity contribution in [1.82, 2.24) is 0 Å². The molecule has 1 unspecified atom stereocenters. The van der Waals surface area contributed by atoms with Crippen molar-refractivity contribution in [2.24, 2.45) is 0 Å². The lowest BCUT2D eigenvalue weighted by Gasteiger charge is -2.15. The van der Waals surface area contributed by atoms with Crippen molar-refractivity contribution in [2.75, 3.05) is 5.32 Å². The van der Waals surface area contributed by atoms with E-state index in [0.717, 1.165) is 21.6 Å². The predicted molar refractivity (Wildman–Crippen MR) is 84.9 cm³/mol. The van der Waals surface area contributed by atoms with Gasteiger partial charge in [-0.3, -0.25) is 0 Å². The van der Waals surface area contributed by atoms with Crippen LogP contribution in [0.3, 0.4) is 0 Å². The van der Waals surface area contributed by atoms with Gasteiger partial charge in [0.2, 0.25) is 0 Å². The standard InChI is InChI=1S/C14H15BrClNS/c1-3-11-5-7-14(18-11)9(2)17-13-6-4-10(16)8-12(13)15/h4-9,17H,3H2,1-2H3. The SMILES string of the molecule is CCc1ccc(C(C)Nc2ccc(Cl)cc2Br)s1. The molecule has 0 fully saturated rings. The molecule has 18 heavy (non-hydrogen) atoms. The molecule has 4 heteroatoms. The second kappa shape index (κ2) is 6.09. The number of nitrogens with one attached hydrogen (secondary N) is 1. The molecule has 1 heterocycles. The summed E-state index contributed by atoms with van der Waals surface area (Å²) >= 11 is 11.3. The molecule has 0 amide bonds. The number of hydrogen-bond acceptors (Lipinski definition) is 2. The van der Waals surface area contributed by atoms with Crippen molar-refractivity contribution in [3.8, 4) is 0 Å². The van der Waals surface area contributed by atoms with Gasteiger partial charge in [-0.15, -0.1) is 11.3 Å². The number of thiophene rings is 1. The van der Waals surface area contributed by atoms with Gasteiger partial charge in [0.25, 0.3) is 0 Å². The Morgan fingerprint density at radius 1 is 1.33 bits per heavy atom. The Morgan fingerprint density at radius 3 is 2.72 bits per heavy atom. The molecule has 0 bridgehead atoms. The Kier molecular flexibility index (Phi) is 4.71. The number of benzene rings is 1. The molecule has 0 aliphatic carbocycles. The predicted octanol–water partition coefficient (Wildman–Crippen LogP) is 5.90. The lowest BCUT2D eigenvalue weighted by Crippen LogP contribution is -2.05. The highest BCUT2D eigenvalue weighted by atomic mass is 79.9. The van der Waals surface area contributed by atoms with E-state index in [4.69, 9.17) is 11.6 Å². The molecule has 1 nitrogen and oxygen atoms in total. The zero-order chi connectivity index (χ0) is 13.1. The second-order valence-corrected chi connectivity index (χ2v) is 6.64. The molecule has 0 spiro atoms. The van der Waals surface area contributed by atoms with Gasteiger partial charge in [0, 0.05) is 24.9 Å². The molecule has 1 N–H and O–H groups in total. The topological polar surface area (TPSA) is 12.0 Å². The first-order chi connectivity index (χ1) is 8.60. The van der Waals surface area contributed by atoms with Crippen LogP contribution >= 0.6 is 38.9 Å². The summed E-state index contributed by atoms with van der Waals surface area (Å²) < 4.78 is 0.995. The summed E-state index contributed by atoms with van der Waals surface area (Å²) in [7, 11) is 0. The van der Waals surface area contributed by atoms with E-state index in [1.807, 2.05) is 29.5 Å². The highest BCUT2D eigenvalue weighted by Crippen LogP contribution is 2.31. The first-order valence-electron chi connectivity index (χ1n) is 5.90. The maximum absolute atomic E-state index is 5.94. The molecular formula is C14H15BrClNS. The maximum atomic E-state index is 5.94. The van der Waals surface area contributed by atoms with Crippen molar-refractivity contribution < 1.29 is 0 Å². The summed E-state index contributed by atoms with van der Waals surface area (Å²) in [6.45, 7) is 4.36. The van der Waals surface area contributed by atoms with Crippen LogP contribution in [0, 0.1) is 0 Å². The van der Waals surface area contributed by atoms with Gasteiger partial charge < -0.3 is 5.32 Å². The molecule has 1 aromatic heterocycles. The quantitative estimate of drug-likeness (QED) is 0.728. The maximum Gasteiger partial charge on any atom is 0.0578 e. The fraction of sp³-hybridized carbons (Fsp3) is 0.286. The normalized spacial score (nSPS) is 12.4. The average Bonchev–Trinajstić information content (AvgIpc) is 2.81. The minimum Gasteiger partial charge on any atom is -0.377 e. The fourth-order valence-corrected chi connectivity index (χ4v) is 3.48. The lowest BCUT2D eigenvalue weighted by molar-refractivity contribution is 0.907. The number of aryl methyl sites for hydroxylation is 1. The zero-order valence-corrected chi connectivity index (χ0v) is 13.5. The zero-order valence-electron chi connectivity index (χ0n) is 10.3. The van der Waals surface area contributed by atoms with E-state index in [-0.39, 0.29) is 0 Å². The molecule has 96 valence electrons. The molecular weight excluding hydrogens is 330 g/mol. The average molecular weight is 345 g/mol. The highest BCUT2D eigenvalue weighted by molar-refractivity contribution is 9.10. The van der Waals surface area contributed by atoms with Gasteiger partial charge in [0.05, 0.1) is 6.04 Å². The first kappa shape index (κ1) is 13.9. The van der Waals surface area contributed by atoms with Crippen LogP contribution in [-0.4, -0.2) is 0 Å². The van der Waals surface area contributed by atoms with E-state index in [1.54, 1.807) is 0 Å². The van der Waals surface area contributed by atoms with Crippen LogP contribution in [0.25, 0.3) is 0 Å². The van der Waals surface area contributed by atoms with Crippen LogP contribution in [0.1, 0.15) is 29.6 Å². The third-order valence-electron chi connectivity index (χ3n) is 2.76. The van der Waals surface area contributed by atoms with E-state index >= 15 is 0 Å². The molecule has 0 saturated heterocycles. The van der Waals surface area contributed by atoms with Crippen LogP contribution in [0.4, 0.5) is 5.69 Å². The van der Waals surface area contributed by atoms with Crippen LogP contribution in [0.15, 0.2) is 34.8 Å². The van der Waals surface area contributed by atoms with E-state index in [0.29, 0.717) is 6.04 Å². The Bertz CT molecular complexity index is 538. The highest BCUT2D eigenvalue weighted by Gasteiger charge is 2.10. The van der Waals surface area contributed by atoms with Crippen molar-refractivity contribution in [2.45, 2.75) is 26.3 Å². The number of anilines is 1. The Morgan fingerprint density at radius 2 is 2.11 bits per heavy atom. The van der Waals surface area contributed by atoms with Crippen molar-refractivity contribution in [1.29, 1.82) is 0 Å². The summed E-state index contributed by atoms with van der Waals surface area (Å²) in [5.41, 5.74) is 1.07. The fourth-order valence-electron chi connectivity index (χ4n) is 1.73. The van der Waals surface area contributed by atoms with Gasteiger partial charge in [0.1, 0.15) is 0 Å². The van der Waals surface area contributed by atoms with Crippen molar-refractivity contribution in [3.05, 3.63) is 49.6 Å². The molecule has 0 saturated carbocycles. The number of halogens is 2. The third kappa shape index (κ3) is 3.28. The summed E-state index contributed by atoms with van der Waals surface area (Å²) in [6.07, 6.45) is 1.10. The molecule has 0 aliphatic rings.